The largest absolute Gasteiger partial charge is 0.329 e. The van der Waals surface area contributed by atoms with E-state index >= 15 is 0 Å². The number of aromatic amines is 1. The number of nitrogens with zero attached hydrogens (tertiary/aromatic N) is 3. The first-order chi connectivity index (χ1) is 9.22. The molecule has 1 aliphatic heterocycles. The van der Waals surface area contributed by atoms with Crippen molar-refractivity contribution in [3.63, 3.8) is 0 Å². The first-order valence-electron chi connectivity index (χ1n) is 6.72. The van der Waals surface area contributed by atoms with Crippen molar-refractivity contribution in [2.45, 2.75) is 31.3 Å². The summed E-state index contributed by atoms with van der Waals surface area (Å²) in [6.45, 7) is 2.31. The number of hydrogen-bond acceptors (Lipinski definition) is 3. The smallest absolute Gasteiger partial charge is 0.179 e. The van der Waals surface area contributed by atoms with Crippen molar-refractivity contribution in [2.24, 2.45) is 0 Å². The summed E-state index contributed by atoms with van der Waals surface area (Å²) in [5.74, 6) is 0. The number of imidazole rings is 1. The molecule has 1 atom stereocenters. The second-order valence-corrected chi connectivity index (χ2v) is 6.80. The Morgan fingerprint density at radius 2 is 2.16 bits per heavy atom. The van der Waals surface area contributed by atoms with Gasteiger partial charge in [0, 0.05) is 29.8 Å². The second kappa shape index (κ2) is 4.40. The maximum absolute atomic E-state index is 5.49. The molecule has 19 heavy (non-hydrogen) atoms. The molecule has 2 aliphatic rings. The zero-order valence-electron chi connectivity index (χ0n) is 10.5. The van der Waals surface area contributed by atoms with E-state index in [1.54, 1.807) is 0 Å². The van der Waals surface area contributed by atoms with E-state index in [-0.39, 0.29) is 0 Å². The Morgan fingerprint density at radius 1 is 1.32 bits per heavy atom. The molecule has 0 aromatic carbocycles. The molecule has 3 heterocycles. The summed E-state index contributed by atoms with van der Waals surface area (Å²) >= 11 is 8.94. The monoisotopic (exact) mass is 338 g/mol. The summed E-state index contributed by atoms with van der Waals surface area (Å²) < 4.78 is 3.98. The quantitative estimate of drug-likeness (QED) is 0.854. The van der Waals surface area contributed by atoms with Gasteiger partial charge in [0.25, 0.3) is 0 Å². The predicted molar refractivity (Wildman–Crippen MR) is 80.9 cm³/mol. The summed E-state index contributed by atoms with van der Waals surface area (Å²) in [4.78, 5) is 10.4. The van der Waals surface area contributed by atoms with Crippen LogP contribution in [0.15, 0.2) is 16.7 Å². The Kier molecular flexibility index (Phi) is 2.79. The first kappa shape index (κ1) is 12.1. The van der Waals surface area contributed by atoms with Gasteiger partial charge in [0.15, 0.2) is 10.4 Å². The lowest BCUT2D eigenvalue weighted by molar-refractivity contribution is 0.314. The van der Waals surface area contributed by atoms with E-state index in [1.165, 1.54) is 25.8 Å². The predicted octanol–water partition coefficient (Wildman–Crippen LogP) is 3.27. The Hall–Kier alpha value is -0.720. The van der Waals surface area contributed by atoms with Crippen molar-refractivity contribution in [2.75, 3.05) is 13.1 Å². The van der Waals surface area contributed by atoms with Gasteiger partial charge in [0.05, 0.1) is 11.6 Å². The third-order valence-corrected chi connectivity index (χ3v) is 4.88. The molecule has 2 aromatic rings. The van der Waals surface area contributed by atoms with E-state index in [2.05, 4.69) is 35.4 Å². The summed E-state index contributed by atoms with van der Waals surface area (Å²) in [5.41, 5.74) is 2.00. The molecule has 100 valence electrons. The number of aromatic nitrogens is 3. The summed E-state index contributed by atoms with van der Waals surface area (Å²) in [7, 11) is 0. The first-order valence-corrected chi connectivity index (χ1v) is 7.92. The topological polar surface area (TPSA) is 36.9 Å². The lowest BCUT2D eigenvalue weighted by Crippen LogP contribution is -2.23. The van der Waals surface area contributed by atoms with Gasteiger partial charge in [-0.05, 0) is 53.5 Å². The van der Waals surface area contributed by atoms with Gasteiger partial charge in [0.1, 0.15) is 0 Å². The zero-order valence-corrected chi connectivity index (χ0v) is 12.9. The van der Waals surface area contributed by atoms with E-state index in [0.717, 1.165) is 33.0 Å². The second-order valence-electron chi connectivity index (χ2n) is 5.49. The van der Waals surface area contributed by atoms with E-state index in [9.17, 15) is 0 Å². The average molecular weight is 339 g/mol. The molecule has 1 unspecified atom stereocenters. The molecule has 2 aromatic heterocycles. The Balaban J connectivity index is 1.74. The van der Waals surface area contributed by atoms with Gasteiger partial charge in [-0.1, -0.05) is 0 Å². The van der Waals surface area contributed by atoms with Crippen LogP contribution in [0.2, 0.25) is 0 Å². The Labute approximate surface area is 125 Å². The highest BCUT2D eigenvalue weighted by molar-refractivity contribution is 9.10. The van der Waals surface area contributed by atoms with Crippen molar-refractivity contribution >= 4 is 39.3 Å². The highest BCUT2D eigenvalue weighted by Gasteiger charge is 2.35. The summed E-state index contributed by atoms with van der Waals surface area (Å²) in [6, 6.07) is 3.35. The third-order valence-electron chi connectivity index (χ3n) is 4.15. The van der Waals surface area contributed by atoms with E-state index < -0.39 is 0 Å². The molecule has 0 radical (unpaired) electrons. The summed E-state index contributed by atoms with van der Waals surface area (Å²) in [6.07, 6.45) is 5.76. The van der Waals surface area contributed by atoms with Gasteiger partial charge in [-0.2, -0.15) is 0 Å². The molecule has 1 saturated carbocycles. The molecule has 4 rings (SSSR count). The van der Waals surface area contributed by atoms with Crippen molar-refractivity contribution in [3.8, 4) is 0 Å². The molecule has 6 heteroatoms. The number of fused-ring (bicyclic) bond motifs is 1. The van der Waals surface area contributed by atoms with Crippen LogP contribution in [-0.2, 0) is 0 Å². The van der Waals surface area contributed by atoms with Crippen molar-refractivity contribution in [3.05, 3.63) is 21.5 Å². The van der Waals surface area contributed by atoms with Crippen LogP contribution in [0.25, 0.3) is 11.2 Å². The lowest BCUT2D eigenvalue weighted by Gasteiger charge is -2.15. The van der Waals surface area contributed by atoms with Gasteiger partial charge in [-0.3, -0.25) is 9.47 Å². The fraction of sp³-hybridized carbons (Fsp3) is 0.538. The lowest BCUT2D eigenvalue weighted by atomic mass is 10.2. The fourth-order valence-corrected chi connectivity index (χ4v) is 3.75. The number of halogens is 1. The van der Waals surface area contributed by atoms with Gasteiger partial charge in [0.2, 0.25) is 0 Å². The van der Waals surface area contributed by atoms with Crippen LogP contribution in [-0.4, -0.2) is 38.6 Å². The van der Waals surface area contributed by atoms with Gasteiger partial charge in [-0.25, -0.2) is 4.98 Å². The Morgan fingerprint density at radius 3 is 2.95 bits per heavy atom. The molecule has 0 amide bonds. The molecule has 0 spiro atoms. The summed E-state index contributed by atoms with van der Waals surface area (Å²) in [5, 5.41) is 0. The number of likely N-dealkylation sites (tertiary alicyclic amines) is 1. The molecule has 1 aliphatic carbocycles. The maximum atomic E-state index is 5.49. The van der Waals surface area contributed by atoms with Crippen LogP contribution in [0.4, 0.5) is 0 Å². The Bertz CT molecular complexity index is 687. The fourth-order valence-electron chi connectivity index (χ4n) is 3.08. The minimum atomic E-state index is 0.468. The molecule has 2 fully saturated rings. The normalized spacial score (nSPS) is 24.4. The standard InChI is InChI=1S/C13H15BrN4S/c14-8-5-11-12(15-6-8)18(13(19)16-11)10-3-4-17(7-10)9-1-2-9/h5-6,9-10H,1-4,7H2,(H,16,19). The van der Waals surface area contributed by atoms with Crippen molar-refractivity contribution < 1.29 is 0 Å². The number of H-pyrrole nitrogens is 1. The molecule has 1 saturated heterocycles. The van der Waals surface area contributed by atoms with E-state index in [1.807, 2.05) is 12.3 Å². The number of rotatable bonds is 2. The van der Waals surface area contributed by atoms with Crippen LogP contribution in [0.1, 0.15) is 25.3 Å². The number of nitrogens with one attached hydrogen (secondary N) is 1. The molecule has 4 nitrogen and oxygen atoms in total. The van der Waals surface area contributed by atoms with Gasteiger partial charge in [-0.15, -0.1) is 0 Å². The molecular formula is C13H15BrN4S. The van der Waals surface area contributed by atoms with Crippen LogP contribution in [0.3, 0.4) is 0 Å². The number of hydrogen-bond donors (Lipinski definition) is 1. The maximum Gasteiger partial charge on any atom is 0.179 e. The minimum absolute atomic E-state index is 0.468. The van der Waals surface area contributed by atoms with E-state index in [0.29, 0.717) is 6.04 Å². The number of pyridine rings is 1. The van der Waals surface area contributed by atoms with Crippen molar-refractivity contribution in [1.82, 2.24) is 19.4 Å². The van der Waals surface area contributed by atoms with Crippen LogP contribution >= 0.6 is 28.1 Å². The van der Waals surface area contributed by atoms with Crippen LogP contribution < -0.4 is 0 Å². The minimum Gasteiger partial charge on any atom is -0.329 e. The zero-order chi connectivity index (χ0) is 13.0. The molecule has 0 bridgehead atoms. The van der Waals surface area contributed by atoms with Crippen LogP contribution in [0, 0.1) is 4.77 Å². The third kappa shape index (κ3) is 2.06. The van der Waals surface area contributed by atoms with Crippen LogP contribution in [0.5, 0.6) is 0 Å². The molecular weight excluding hydrogens is 324 g/mol. The average Bonchev–Trinajstić information content (AvgIpc) is 3.02. The molecule has 1 N–H and O–H groups in total. The van der Waals surface area contributed by atoms with Gasteiger partial charge < -0.3 is 4.98 Å². The van der Waals surface area contributed by atoms with Gasteiger partial charge >= 0.3 is 0 Å². The van der Waals surface area contributed by atoms with Crippen molar-refractivity contribution in [1.29, 1.82) is 0 Å². The highest BCUT2D eigenvalue weighted by Crippen LogP contribution is 2.34. The highest BCUT2D eigenvalue weighted by atomic mass is 79.9. The van der Waals surface area contributed by atoms with E-state index in [4.69, 9.17) is 12.2 Å². The SMILES string of the molecule is S=c1[nH]c2cc(Br)cnc2n1C1CCN(C2CC2)C1.